The van der Waals surface area contributed by atoms with Gasteiger partial charge in [-0.05, 0) is 89.8 Å². The number of phenols is 1. The SMILES string of the molecule is C=CCOC1(C)CCN(c2c(C(OC(C)(C)C)C(=O)O)c(C)nc3cc(-c4cc(C)cc(-c5ccc(F)cc5O)c4)nn23)CC1. The fourth-order valence-corrected chi connectivity index (χ4v) is 5.88. The number of benzene rings is 2. The van der Waals surface area contributed by atoms with Gasteiger partial charge in [0.1, 0.15) is 17.4 Å². The van der Waals surface area contributed by atoms with Crippen LogP contribution in [0.1, 0.15) is 63.5 Å². The number of phenolic OH excluding ortho intramolecular Hbond substituents is 1. The van der Waals surface area contributed by atoms with Gasteiger partial charge < -0.3 is 24.6 Å². The van der Waals surface area contributed by atoms with E-state index < -0.39 is 23.5 Å². The van der Waals surface area contributed by atoms with Crippen molar-refractivity contribution in [3.63, 3.8) is 0 Å². The molecule has 1 unspecified atom stereocenters. The number of piperidine rings is 1. The van der Waals surface area contributed by atoms with Gasteiger partial charge in [0.05, 0.1) is 29.1 Å². The lowest BCUT2D eigenvalue weighted by Gasteiger charge is -2.41. The minimum absolute atomic E-state index is 0.154. The zero-order chi connectivity index (χ0) is 32.7. The van der Waals surface area contributed by atoms with Crippen LogP contribution >= 0.6 is 0 Å². The van der Waals surface area contributed by atoms with Gasteiger partial charge in [-0.25, -0.2) is 14.2 Å². The Morgan fingerprint density at radius 1 is 1.13 bits per heavy atom. The topological polar surface area (TPSA) is 109 Å². The van der Waals surface area contributed by atoms with Crippen LogP contribution < -0.4 is 4.90 Å². The number of carboxylic acid groups (broad SMARTS) is 1. The van der Waals surface area contributed by atoms with Gasteiger partial charge >= 0.3 is 5.97 Å². The van der Waals surface area contributed by atoms with Crippen LogP contribution in [0.25, 0.3) is 28.0 Å². The third-order valence-electron chi connectivity index (χ3n) is 8.08. The number of halogens is 1. The van der Waals surface area contributed by atoms with Gasteiger partial charge in [-0.15, -0.1) is 6.58 Å². The number of hydrogen-bond donors (Lipinski definition) is 2. The number of fused-ring (bicyclic) bond motifs is 1. The van der Waals surface area contributed by atoms with Crippen LogP contribution in [-0.4, -0.2) is 61.7 Å². The quantitative estimate of drug-likeness (QED) is 0.193. The predicted molar refractivity (Wildman–Crippen MR) is 172 cm³/mol. The number of rotatable bonds is 9. The lowest BCUT2D eigenvalue weighted by molar-refractivity contribution is -0.160. The highest BCUT2D eigenvalue weighted by Crippen LogP contribution is 2.39. The van der Waals surface area contributed by atoms with Gasteiger partial charge in [0, 0.05) is 42.0 Å². The van der Waals surface area contributed by atoms with Gasteiger partial charge in [-0.3, -0.25) is 0 Å². The summed E-state index contributed by atoms with van der Waals surface area (Å²) < 4.78 is 27.7. The molecule has 0 amide bonds. The maximum absolute atomic E-state index is 13.7. The molecule has 2 aromatic heterocycles. The Morgan fingerprint density at radius 2 is 1.82 bits per heavy atom. The summed E-state index contributed by atoms with van der Waals surface area (Å²) in [4.78, 5) is 19.7. The molecule has 0 spiro atoms. The van der Waals surface area contributed by atoms with Crippen LogP contribution in [-0.2, 0) is 14.3 Å². The molecule has 10 heteroatoms. The fraction of sp³-hybridized carbons (Fsp3) is 0.400. The van der Waals surface area contributed by atoms with Crippen molar-refractivity contribution in [3.8, 4) is 28.1 Å². The van der Waals surface area contributed by atoms with Gasteiger partial charge in [-0.1, -0.05) is 12.1 Å². The van der Waals surface area contributed by atoms with Gasteiger partial charge in [0.15, 0.2) is 11.8 Å². The number of carbonyl (C=O) groups is 1. The van der Waals surface area contributed by atoms with E-state index >= 15 is 0 Å². The third-order valence-corrected chi connectivity index (χ3v) is 8.08. The normalized spacial score (nSPS) is 15.8. The summed E-state index contributed by atoms with van der Waals surface area (Å²) in [7, 11) is 0. The second kappa shape index (κ2) is 12.3. The molecule has 0 aliphatic carbocycles. The largest absolute Gasteiger partial charge is 0.507 e. The molecule has 9 nitrogen and oxygen atoms in total. The summed E-state index contributed by atoms with van der Waals surface area (Å²) in [6, 6.07) is 11.6. The Morgan fingerprint density at radius 3 is 2.44 bits per heavy atom. The van der Waals surface area contributed by atoms with Gasteiger partial charge in [-0.2, -0.15) is 9.61 Å². The maximum atomic E-state index is 13.7. The lowest BCUT2D eigenvalue weighted by Crippen LogP contribution is -2.45. The first-order valence-electron chi connectivity index (χ1n) is 15.1. The highest BCUT2D eigenvalue weighted by molar-refractivity contribution is 5.80. The number of aromatic hydroxyl groups is 1. The molecule has 2 N–H and O–H groups in total. The van der Waals surface area contributed by atoms with E-state index in [9.17, 15) is 19.4 Å². The van der Waals surface area contributed by atoms with E-state index in [1.165, 1.54) is 6.07 Å². The molecule has 1 fully saturated rings. The Hall–Kier alpha value is -4.28. The Bertz CT molecular complexity index is 1750. The summed E-state index contributed by atoms with van der Waals surface area (Å²) in [5.74, 6) is -1.16. The second-order valence-electron chi connectivity index (χ2n) is 13.0. The molecular formula is C35H41FN4O5. The molecule has 1 aliphatic heterocycles. The molecule has 1 atom stereocenters. The second-order valence-corrected chi connectivity index (χ2v) is 13.0. The van der Waals surface area contributed by atoms with Crippen LogP contribution in [0.3, 0.4) is 0 Å². The van der Waals surface area contributed by atoms with E-state index in [-0.39, 0.29) is 11.4 Å². The number of nitrogens with zero attached hydrogens (tertiary/aromatic N) is 4. The van der Waals surface area contributed by atoms with Crippen LogP contribution in [0.5, 0.6) is 5.75 Å². The summed E-state index contributed by atoms with van der Waals surface area (Å²) in [5, 5.41) is 25.9. The molecule has 45 heavy (non-hydrogen) atoms. The number of ether oxygens (including phenoxy) is 2. The van der Waals surface area contributed by atoms with Crippen molar-refractivity contribution in [2.45, 2.75) is 71.7 Å². The zero-order valence-electron chi connectivity index (χ0n) is 26.7. The standard InChI is InChI=1S/C35H41FN4O5/c1-8-15-44-35(7)11-13-39(14-12-35)32-30(31(33(42)43)45-34(4,5)6)22(3)37-29-20-27(38-40(29)32)24-17-21(2)16-23(18-24)26-10-9-25(36)19-28(26)41/h8-10,16-20,31,41H,1,11-15H2,2-7H3,(H,42,43). The minimum Gasteiger partial charge on any atom is -0.507 e. The van der Waals surface area contributed by atoms with Crippen molar-refractivity contribution < 1.29 is 28.9 Å². The van der Waals surface area contributed by atoms with Crippen molar-refractivity contribution in [2.75, 3.05) is 24.6 Å². The number of anilines is 1. The van der Waals surface area contributed by atoms with Gasteiger partial charge in [0.25, 0.3) is 0 Å². The highest BCUT2D eigenvalue weighted by Gasteiger charge is 2.37. The van der Waals surface area contributed by atoms with E-state index in [0.29, 0.717) is 59.2 Å². The Balaban J connectivity index is 1.67. The summed E-state index contributed by atoms with van der Waals surface area (Å²) >= 11 is 0. The maximum Gasteiger partial charge on any atom is 0.337 e. The average Bonchev–Trinajstić information content (AvgIpc) is 3.38. The van der Waals surface area contributed by atoms with Crippen molar-refractivity contribution in [1.82, 2.24) is 14.6 Å². The molecule has 1 aliphatic rings. The molecule has 0 radical (unpaired) electrons. The summed E-state index contributed by atoms with van der Waals surface area (Å²) in [6.07, 6.45) is 1.91. The van der Waals surface area contributed by atoms with Crippen molar-refractivity contribution >= 4 is 17.4 Å². The number of aliphatic carboxylic acids is 1. The fourth-order valence-electron chi connectivity index (χ4n) is 5.88. The molecule has 3 heterocycles. The van der Waals surface area contributed by atoms with Crippen molar-refractivity contribution in [1.29, 1.82) is 0 Å². The first kappa shape index (κ1) is 32.1. The monoisotopic (exact) mass is 616 g/mol. The molecule has 4 aromatic rings. The number of aromatic nitrogens is 3. The Labute approximate surface area is 262 Å². The molecule has 1 saturated heterocycles. The number of aryl methyl sites for hydroxylation is 2. The lowest BCUT2D eigenvalue weighted by atomic mass is 9.92. The highest BCUT2D eigenvalue weighted by atomic mass is 19.1. The van der Waals surface area contributed by atoms with Crippen molar-refractivity contribution in [2.24, 2.45) is 0 Å². The molecule has 5 rings (SSSR count). The predicted octanol–water partition coefficient (Wildman–Crippen LogP) is 7.03. The van der Waals surface area contributed by atoms with Crippen molar-refractivity contribution in [3.05, 3.63) is 77.8 Å². The van der Waals surface area contributed by atoms with E-state index in [4.69, 9.17) is 19.6 Å². The van der Waals surface area contributed by atoms with E-state index in [1.54, 1.807) is 23.6 Å². The average molecular weight is 617 g/mol. The molecule has 238 valence electrons. The third kappa shape index (κ3) is 6.87. The summed E-state index contributed by atoms with van der Waals surface area (Å²) in [6.45, 7) is 16.8. The minimum atomic E-state index is -1.28. The molecular weight excluding hydrogens is 575 g/mol. The molecule has 0 saturated carbocycles. The van der Waals surface area contributed by atoms with Crippen LogP contribution in [0, 0.1) is 19.7 Å². The zero-order valence-corrected chi connectivity index (χ0v) is 26.7. The van der Waals surface area contributed by atoms with Gasteiger partial charge in [0.2, 0.25) is 0 Å². The molecule has 0 bridgehead atoms. The van der Waals surface area contributed by atoms with Crippen LogP contribution in [0.4, 0.5) is 10.2 Å². The van der Waals surface area contributed by atoms with Crippen LogP contribution in [0.2, 0.25) is 0 Å². The smallest absolute Gasteiger partial charge is 0.337 e. The molecule has 2 aromatic carbocycles. The first-order valence-corrected chi connectivity index (χ1v) is 15.1. The number of carboxylic acids is 1. The Kier molecular flexibility index (Phi) is 8.75. The first-order chi connectivity index (χ1) is 21.2. The van der Waals surface area contributed by atoms with E-state index in [0.717, 1.165) is 30.0 Å². The number of hydrogen-bond acceptors (Lipinski definition) is 7. The summed E-state index contributed by atoms with van der Waals surface area (Å²) in [5.41, 5.74) is 4.01. The van der Waals surface area contributed by atoms with E-state index in [2.05, 4.69) is 18.4 Å². The van der Waals surface area contributed by atoms with Crippen LogP contribution in [0.15, 0.2) is 55.1 Å². The van der Waals surface area contributed by atoms with E-state index in [1.807, 2.05) is 52.0 Å².